The molecule has 0 aliphatic rings. The fourth-order valence-electron chi connectivity index (χ4n) is 1.86. The molecule has 0 radical (unpaired) electrons. The highest BCUT2D eigenvalue weighted by atomic mass is 19.1. The second-order valence-electron chi connectivity index (χ2n) is 4.42. The number of esters is 1. The fourth-order valence-corrected chi connectivity index (χ4v) is 1.86. The highest BCUT2D eigenvalue weighted by Crippen LogP contribution is 2.21. The molecule has 1 rings (SSSR count). The Morgan fingerprint density at radius 2 is 2.14 bits per heavy atom. The third-order valence-corrected chi connectivity index (χ3v) is 3.00. The SMILES string of the molecule is CCOC(=O)C/C=C(/CCc1c(F)ccc(N)c1F)NC. The lowest BCUT2D eigenvalue weighted by atomic mass is 10.1. The van der Waals surface area contributed by atoms with E-state index in [0.717, 1.165) is 6.07 Å². The Balaban J connectivity index is 2.70. The lowest BCUT2D eigenvalue weighted by molar-refractivity contribution is -0.142. The number of rotatable bonds is 7. The molecule has 1 aromatic carbocycles. The van der Waals surface area contributed by atoms with Crippen LogP contribution in [0.1, 0.15) is 25.3 Å². The Morgan fingerprint density at radius 3 is 2.76 bits per heavy atom. The molecule has 0 fully saturated rings. The topological polar surface area (TPSA) is 64.3 Å². The van der Waals surface area contributed by atoms with Gasteiger partial charge in [-0.05, 0) is 31.9 Å². The van der Waals surface area contributed by atoms with Crippen LogP contribution >= 0.6 is 0 Å². The van der Waals surface area contributed by atoms with Crippen LogP contribution in [0.3, 0.4) is 0 Å². The molecule has 0 aliphatic heterocycles. The molecule has 4 nitrogen and oxygen atoms in total. The molecule has 0 aliphatic carbocycles. The third-order valence-electron chi connectivity index (χ3n) is 3.00. The summed E-state index contributed by atoms with van der Waals surface area (Å²) in [5.74, 6) is -1.69. The molecular formula is C15H20F2N2O2. The zero-order valence-electron chi connectivity index (χ0n) is 12.2. The van der Waals surface area contributed by atoms with Crippen molar-refractivity contribution in [1.82, 2.24) is 5.32 Å². The third kappa shape index (κ3) is 5.06. The summed E-state index contributed by atoms with van der Waals surface area (Å²) < 4.78 is 32.1. The number of halogens is 2. The van der Waals surface area contributed by atoms with E-state index < -0.39 is 11.6 Å². The summed E-state index contributed by atoms with van der Waals surface area (Å²) in [7, 11) is 1.68. The van der Waals surface area contributed by atoms with Gasteiger partial charge in [0.25, 0.3) is 0 Å². The van der Waals surface area contributed by atoms with Gasteiger partial charge < -0.3 is 15.8 Å². The van der Waals surface area contributed by atoms with Gasteiger partial charge in [-0.25, -0.2) is 8.78 Å². The average Bonchev–Trinajstić information content (AvgIpc) is 2.46. The number of allylic oxidation sites excluding steroid dienone is 1. The largest absolute Gasteiger partial charge is 0.466 e. The standard InChI is InChI=1S/C15H20F2N2O2/c1-3-21-14(20)9-5-10(19-2)4-6-11-12(16)7-8-13(18)15(11)17/h5,7-8,19H,3-4,6,9,18H2,1-2H3/b10-5-. The summed E-state index contributed by atoms with van der Waals surface area (Å²) in [6, 6.07) is 2.35. The van der Waals surface area contributed by atoms with Crippen LogP contribution in [0, 0.1) is 11.6 Å². The number of nitrogens with one attached hydrogen (secondary N) is 1. The van der Waals surface area contributed by atoms with Crippen molar-refractivity contribution >= 4 is 11.7 Å². The first kappa shape index (κ1) is 16.9. The minimum atomic E-state index is -0.726. The molecule has 0 atom stereocenters. The van der Waals surface area contributed by atoms with E-state index in [4.69, 9.17) is 10.5 Å². The van der Waals surface area contributed by atoms with E-state index in [1.807, 2.05) is 0 Å². The van der Waals surface area contributed by atoms with Gasteiger partial charge in [0.2, 0.25) is 0 Å². The summed E-state index contributed by atoms with van der Waals surface area (Å²) in [5.41, 5.74) is 6.01. The van der Waals surface area contributed by atoms with Gasteiger partial charge >= 0.3 is 5.97 Å². The number of benzene rings is 1. The highest BCUT2D eigenvalue weighted by molar-refractivity contribution is 5.71. The van der Waals surface area contributed by atoms with Crippen LogP contribution in [0.5, 0.6) is 0 Å². The van der Waals surface area contributed by atoms with Crippen LogP contribution in [0.15, 0.2) is 23.9 Å². The Bertz CT molecular complexity index is 531. The monoisotopic (exact) mass is 298 g/mol. The Hall–Kier alpha value is -2.11. The van der Waals surface area contributed by atoms with Gasteiger partial charge in [0.1, 0.15) is 5.82 Å². The molecule has 0 amide bonds. The number of nitrogens with two attached hydrogens (primary N) is 1. The van der Waals surface area contributed by atoms with Gasteiger partial charge in [-0.3, -0.25) is 4.79 Å². The Kier molecular flexibility index (Phi) is 6.65. The molecule has 0 spiro atoms. The van der Waals surface area contributed by atoms with E-state index in [1.165, 1.54) is 6.07 Å². The minimum Gasteiger partial charge on any atom is -0.466 e. The van der Waals surface area contributed by atoms with Crippen LogP contribution < -0.4 is 11.1 Å². The number of hydrogen-bond donors (Lipinski definition) is 2. The predicted octanol–water partition coefficient (Wildman–Crippen LogP) is 2.54. The van der Waals surface area contributed by atoms with Crippen molar-refractivity contribution in [3.63, 3.8) is 0 Å². The fraction of sp³-hybridized carbons (Fsp3) is 0.400. The van der Waals surface area contributed by atoms with Gasteiger partial charge in [0, 0.05) is 18.3 Å². The molecule has 21 heavy (non-hydrogen) atoms. The first-order chi connectivity index (χ1) is 9.99. The maximum atomic E-state index is 13.8. The molecule has 6 heteroatoms. The van der Waals surface area contributed by atoms with Crippen molar-refractivity contribution in [2.24, 2.45) is 0 Å². The van der Waals surface area contributed by atoms with Crippen LogP contribution in [0.4, 0.5) is 14.5 Å². The maximum absolute atomic E-state index is 13.8. The quantitative estimate of drug-likeness (QED) is 0.600. The molecule has 0 heterocycles. The normalized spacial score (nSPS) is 11.3. The van der Waals surface area contributed by atoms with Crippen LogP contribution in [-0.4, -0.2) is 19.6 Å². The zero-order chi connectivity index (χ0) is 15.8. The molecule has 116 valence electrons. The van der Waals surface area contributed by atoms with Crippen LogP contribution in [0.25, 0.3) is 0 Å². The van der Waals surface area contributed by atoms with Gasteiger partial charge in [0.15, 0.2) is 5.82 Å². The van der Waals surface area contributed by atoms with E-state index in [-0.39, 0.29) is 30.1 Å². The predicted molar refractivity (Wildman–Crippen MR) is 77.5 cm³/mol. The van der Waals surface area contributed by atoms with E-state index in [0.29, 0.717) is 18.7 Å². The smallest absolute Gasteiger partial charge is 0.309 e. The summed E-state index contributed by atoms with van der Waals surface area (Å²) in [6.45, 7) is 2.05. The van der Waals surface area contributed by atoms with Crippen molar-refractivity contribution in [3.8, 4) is 0 Å². The van der Waals surface area contributed by atoms with Crippen molar-refractivity contribution in [1.29, 1.82) is 0 Å². The summed E-state index contributed by atoms with van der Waals surface area (Å²) in [6.07, 6.45) is 2.29. The number of anilines is 1. The molecule has 1 aromatic rings. The second kappa shape index (κ2) is 8.24. The van der Waals surface area contributed by atoms with Gasteiger partial charge in [-0.1, -0.05) is 6.08 Å². The van der Waals surface area contributed by atoms with Gasteiger partial charge in [0.05, 0.1) is 18.7 Å². The molecule has 3 N–H and O–H groups in total. The number of hydrogen-bond acceptors (Lipinski definition) is 4. The van der Waals surface area contributed by atoms with Crippen molar-refractivity contribution in [2.75, 3.05) is 19.4 Å². The van der Waals surface area contributed by atoms with E-state index in [1.54, 1.807) is 20.0 Å². The van der Waals surface area contributed by atoms with Gasteiger partial charge in [-0.15, -0.1) is 0 Å². The highest BCUT2D eigenvalue weighted by Gasteiger charge is 2.12. The van der Waals surface area contributed by atoms with E-state index >= 15 is 0 Å². The van der Waals surface area contributed by atoms with E-state index in [2.05, 4.69) is 5.32 Å². The lowest BCUT2D eigenvalue weighted by Gasteiger charge is -2.10. The number of carbonyl (C=O) groups excluding carboxylic acids is 1. The maximum Gasteiger partial charge on any atom is 0.309 e. The number of carbonyl (C=O) groups is 1. The molecule has 0 unspecified atom stereocenters. The number of ether oxygens (including phenoxy) is 1. The number of nitrogen functional groups attached to an aromatic ring is 1. The zero-order valence-corrected chi connectivity index (χ0v) is 12.2. The van der Waals surface area contributed by atoms with Crippen molar-refractivity contribution < 1.29 is 18.3 Å². The van der Waals surface area contributed by atoms with Crippen molar-refractivity contribution in [3.05, 3.63) is 41.1 Å². The summed E-state index contributed by atoms with van der Waals surface area (Å²) >= 11 is 0. The van der Waals surface area contributed by atoms with Gasteiger partial charge in [-0.2, -0.15) is 0 Å². The molecule has 0 saturated heterocycles. The summed E-state index contributed by atoms with van der Waals surface area (Å²) in [4.78, 5) is 11.3. The van der Waals surface area contributed by atoms with Crippen LogP contribution in [0.2, 0.25) is 0 Å². The Labute approximate surface area is 123 Å². The average molecular weight is 298 g/mol. The molecular weight excluding hydrogens is 278 g/mol. The molecule has 0 bridgehead atoms. The molecule has 0 saturated carbocycles. The minimum absolute atomic E-state index is 0.0488. The Morgan fingerprint density at radius 1 is 1.43 bits per heavy atom. The second-order valence-corrected chi connectivity index (χ2v) is 4.42. The summed E-state index contributed by atoms with van der Waals surface area (Å²) in [5, 5.41) is 2.90. The van der Waals surface area contributed by atoms with Crippen LogP contribution in [-0.2, 0) is 16.0 Å². The van der Waals surface area contributed by atoms with Crippen molar-refractivity contribution in [2.45, 2.75) is 26.2 Å². The van der Waals surface area contributed by atoms with E-state index in [9.17, 15) is 13.6 Å². The first-order valence-electron chi connectivity index (χ1n) is 6.74. The molecule has 0 aromatic heterocycles. The lowest BCUT2D eigenvalue weighted by Crippen LogP contribution is -2.10. The first-order valence-corrected chi connectivity index (χ1v) is 6.74.